The van der Waals surface area contributed by atoms with Crippen molar-refractivity contribution in [1.82, 2.24) is 9.78 Å². The van der Waals surface area contributed by atoms with Gasteiger partial charge >= 0.3 is 5.69 Å². The predicted molar refractivity (Wildman–Crippen MR) is 71.9 cm³/mol. The molecule has 0 aliphatic heterocycles. The van der Waals surface area contributed by atoms with Crippen LogP contribution in [0.4, 0.5) is 5.69 Å². The number of aryl methyl sites for hydroxylation is 1. The van der Waals surface area contributed by atoms with E-state index in [4.69, 9.17) is 11.6 Å². The van der Waals surface area contributed by atoms with Crippen molar-refractivity contribution in [2.75, 3.05) is 0 Å². The van der Waals surface area contributed by atoms with E-state index in [0.717, 1.165) is 10.0 Å². The van der Waals surface area contributed by atoms with Crippen LogP contribution in [0.3, 0.4) is 0 Å². The summed E-state index contributed by atoms with van der Waals surface area (Å²) >= 11 is 9.33. The molecule has 0 saturated carbocycles. The quantitative estimate of drug-likeness (QED) is 0.638. The molecule has 0 unspecified atom stereocenters. The Bertz CT molecular complexity index is 612. The largest absolute Gasteiger partial charge is 0.328 e. The van der Waals surface area contributed by atoms with Crippen molar-refractivity contribution in [3.63, 3.8) is 0 Å². The van der Waals surface area contributed by atoms with Crippen molar-refractivity contribution in [1.29, 1.82) is 0 Å². The van der Waals surface area contributed by atoms with E-state index in [0.29, 0.717) is 12.2 Å². The molecule has 2 rings (SSSR count). The van der Waals surface area contributed by atoms with E-state index >= 15 is 0 Å². The summed E-state index contributed by atoms with van der Waals surface area (Å²) in [5.74, 6) is 0. The fraction of sp³-hybridized carbons (Fsp3) is 0.182. The van der Waals surface area contributed by atoms with Crippen molar-refractivity contribution in [3.8, 4) is 0 Å². The van der Waals surface area contributed by atoms with Crippen LogP contribution in [0.15, 0.2) is 28.7 Å². The van der Waals surface area contributed by atoms with Gasteiger partial charge in [-0.05, 0) is 24.6 Å². The smallest absolute Gasteiger partial charge is 0.258 e. The highest BCUT2D eigenvalue weighted by molar-refractivity contribution is 9.10. The number of rotatable bonds is 3. The lowest BCUT2D eigenvalue weighted by Gasteiger charge is -2.03. The molecule has 0 aliphatic carbocycles. The molecule has 5 nitrogen and oxygen atoms in total. The van der Waals surface area contributed by atoms with Crippen LogP contribution >= 0.6 is 27.5 Å². The molecule has 0 amide bonds. The van der Waals surface area contributed by atoms with Gasteiger partial charge in [0.05, 0.1) is 11.5 Å². The highest BCUT2D eigenvalue weighted by Gasteiger charge is 2.23. The molecule has 0 aliphatic rings. The molecule has 1 aromatic carbocycles. The minimum atomic E-state index is -0.512. The van der Waals surface area contributed by atoms with Crippen molar-refractivity contribution in [3.05, 3.63) is 55.3 Å². The Balaban J connectivity index is 2.36. The van der Waals surface area contributed by atoms with Gasteiger partial charge in [-0.25, -0.2) is 4.68 Å². The van der Waals surface area contributed by atoms with E-state index < -0.39 is 4.92 Å². The third-order valence-electron chi connectivity index (χ3n) is 2.44. The molecule has 0 atom stereocenters. The van der Waals surface area contributed by atoms with Crippen molar-refractivity contribution < 1.29 is 4.92 Å². The normalized spacial score (nSPS) is 10.6. The minimum absolute atomic E-state index is 0.0532. The van der Waals surface area contributed by atoms with Gasteiger partial charge in [0.25, 0.3) is 0 Å². The fourth-order valence-electron chi connectivity index (χ4n) is 1.66. The standard InChI is InChI=1S/C11H9BrClN3O2/c1-7-10(16(17)18)11(13)15(14-7)6-8-3-2-4-9(12)5-8/h2-5H,6H2,1H3. The minimum Gasteiger partial charge on any atom is -0.258 e. The van der Waals surface area contributed by atoms with Gasteiger partial charge in [0.1, 0.15) is 5.69 Å². The summed E-state index contributed by atoms with van der Waals surface area (Å²) in [6.07, 6.45) is 0. The lowest BCUT2D eigenvalue weighted by molar-refractivity contribution is -0.385. The molecule has 0 saturated heterocycles. The second kappa shape index (κ2) is 5.07. The van der Waals surface area contributed by atoms with Gasteiger partial charge in [0, 0.05) is 4.47 Å². The molecule has 0 bridgehead atoms. The highest BCUT2D eigenvalue weighted by atomic mass is 79.9. The summed E-state index contributed by atoms with van der Waals surface area (Å²) in [5, 5.41) is 15.0. The topological polar surface area (TPSA) is 61.0 Å². The van der Waals surface area contributed by atoms with E-state index in [2.05, 4.69) is 21.0 Å². The van der Waals surface area contributed by atoms with Crippen LogP contribution < -0.4 is 0 Å². The maximum Gasteiger partial charge on any atom is 0.328 e. The monoisotopic (exact) mass is 329 g/mol. The Hall–Kier alpha value is -1.40. The Kier molecular flexibility index (Phi) is 3.68. The molecule has 1 heterocycles. The van der Waals surface area contributed by atoms with Gasteiger partial charge in [-0.15, -0.1) is 0 Å². The summed E-state index contributed by atoms with van der Waals surface area (Å²) in [4.78, 5) is 10.3. The summed E-state index contributed by atoms with van der Waals surface area (Å²) in [5.41, 5.74) is 1.15. The summed E-state index contributed by atoms with van der Waals surface area (Å²) in [7, 11) is 0. The van der Waals surface area contributed by atoms with Gasteiger partial charge in [0.2, 0.25) is 5.15 Å². The Morgan fingerprint density at radius 1 is 1.56 bits per heavy atom. The first-order valence-electron chi connectivity index (χ1n) is 5.11. The SMILES string of the molecule is Cc1nn(Cc2cccc(Br)c2)c(Cl)c1[N+](=O)[O-]. The Labute approximate surface area is 117 Å². The third kappa shape index (κ3) is 2.54. The maximum atomic E-state index is 10.8. The first-order chi connectivity index (χ1) is 8.49. The van der Waals surface area contributed by atoms with E-state index in [1.54, 1.807) is 6.92 Å². The van der Waals surface area contributed by atoms with Crippen molar-refractivity contribution in [2.24, 2.45) is 0 Å². The second-order valence-corrected chi connectivity index (χ2v) is 5.04. The molecule has 18 heavy (non-hydrogen) atoms. The molecule has 0 fully saturated rings. The number of aromatic nitrogens is 2. The van der Waals surface area contributed by atoms with Crippen LogP contribution in [0, 0.1) is 17.0 Å². The van der Waals surface area contributed by atoms with Crippen molar-refractivity contribution >= 4 is 33.2 Å². The molecule has 1 aromatic heterocycles. The number of hydrogen-bond donors (Lipinski definition) is 0. The number of benzene rings is 1. The highest BCUT2D eigenvalue weighted by Crippen LogP contribution is 2.28. The molecule has 94 valence electrons. The molecular formula is C11H9BrClN3O2. The van der Waals surface area contributed by atoms with E-state index in [-0.39, 0.29) is 10.8 Å². The van der Waals surface area contributed by atoms with E-state index in [9.17, 15) is 10.1 Å². The molecule has 0 radical (unpaired) electrons. The maximum absolute atomic E-state index is 10.8. The van der Waals surface area contributed by atoms with Crippen molar-refractivity contribution in [2.45, 2.75) is 13.5 Å². The molecule has 7 heteroatoms. The summed E-state index contributed by atoms with van der Waals surface area (Å²) < 4.78 is 2.37. The van der Waals surface area contributed by atoms with Crippen LogP contribution in [0.25, 0.3) is 0 Å². The molecule has 0 spiro atoms. The van der Waals surface area contributed by atoms with Gasteiger partial charge in [-0.1, -0.05) is 39.7 Å². The van der Waals surface area contributed by atoms with Crippen LogP contribution in [0.2, 0.25) is 5.15 Å². The molecule has 0 N–H and O–H groups in total. The number of halogens is 2. The predicted octanol–water partition coefficient (Wildman–Crippen LogP) is 3.56. The first kappa shape index (κ1) is 13.0. The average Bonchev–Trinajstić information content (AvgIpc) is 2.54. The number of nitrogens with zero attached hydrogens (tertiary/aromatic N) is 3. The second-order valence-electron chi connectivity index (χ2n) is 3.77. The van der Waals surface area contributed by atoms with Crippen LogP contribution in [-0.2, 0) is 6.54 Å². The number of hydrogen-bond acceptors (Lipinski definition) is 3. The van der Waals surface area contributed by atoms with E-state index in [1.807, 2.05) is 24.3 Å². The van der Waals surface area contributed by atoms with Crippen LogP contribution in [-0.4, -0.2) is 14.7 Å². The number of nitro groups is 1. The molecule has 2 aromatic rings. The zero-order chi connectivity index (χ0) is 13.3. The van der Waals surface area contributed by atoms with Crippen LogP contribution in [0.1, 0.15) is 11.3 Å². The van der Waals surface area contributed by atoms with E-state index in [1.165, 1.54) is 4.68 Å². The molecular weight excluding hydrogens is 321 g/mol. The lowest BCUT2D eigenvalue weighted by atomic mass is 10.2. The fourth-order valence-corrected chi connectivity index (χ4v) is 2.41. The van der Waals surface area contributed by atoms with Gasteiger partial charge < -0.3 is 0 Å². The van der Waals surface area contributed by atoms with Gasteiger partial charge in [-0.3, -0.25) is 10.1 Å². The first-order valence-corrected chi connectivity index (χ1v) is 6.28. The third-order valence-corrected chi connectivity index (χ3v) is 3.31. The zero-order valence-corrected chi connectivity index (χ0v) is 11.8. The Morgan fingerprint density at radius 3 is 2.83 bits per heavy atom. The average molecular weight is 331 g/mol. The Morgan fingerprint density at radius 2 is 2.28 bits per heavy atom. The lowest BCUT2D eigenvalue weighted by Crippen LogP contribution is -2.02. The summed E-state index contributed by atoms with van der Waals surface area (Å²) in [6.45, 7) is 1.97. The zero-order valence-electron chi connectivity index (χ0n) is 9.43. The summed E-state index contributed by atoms with van der Waals surface area (Å²) in [6, 6.07) is 7.61. The van der Waals surface area contributed by atoms with Gasteiger partial charge in [-0.2, -0.15) is 5.10 Å². The van der Waals surface area contributed by atoms with Gasteiger partial charge in [0.15, 0.2) is 0 Å². The van der Waals surface area contributed by atoms with Crippen LogP contribution in [0.5, 0.6) is 0 Å².